The molecule has 5 nitrogen and oxygen atoms in total. The molecule has 0 radical (unpaired) electrons. The second kappa shape index (κ2) is 5.88. The van der Waals surface area contributed by atoms with Gasteiger partial charge in [0.2, 0.25) is 10.0 Å². The largest absolute Gasteiger partial charge is 0.397 e. The molecular weight excluding hydrogens is 240 g/mol. The lowest BCUT2D eigenvalue weighted by Gasteiger charge is -2.10. The Kier molecular flexibility index (Phi) is 4.77. The van der Waals surface area contributed by atoms with Gasteiger partial charge < -0.3 is 10.5 Å². The number of nitrogens with two attached hydrogens (primary N) is 1. The topological polar surface area (TPSA) is 81.4 Å². The zero-order valence-corrected chi connectivity index (χ0v) is 10.9. The van der Waals surface area contributed by atoms with E-state index in [0.717, 1.165) is 5.56 Å². The molecule has 0 saturated heterocycles. The van der Waals surface area contributed by atoms with E-state index in [1.807, 2.05) is 13.8 Å². The van der Waals surface area contributed by atoms with Gasteiger partial charge in [-0.25, -0.2) is 8.42 Å². The summed E-state index contributed by atoms with van der Waals surface area (Å²) in [5.41, 5.74) is 7.54. The van der Waals surface area contributed by atoms with E-state index in [9.17, 15) is 8.42 Å². The molecule has 0 aliphatic heterocycles. The van der Waals surface area contributed by atoms with Crippen molar-refractivity contribution in [1.29, 1.82) is 0 Å². The van der Waals surface area contributed by atoms with Gasteiger partial charge in [-0.2, -0.15) is 0 Å². The van der Waals surface area contributed by atoms with E-state index in [-0.39, 0.29) is 12.4 Å². The fourth-order valence-electron chi connectivity index (χ4n) is 1.31. The average Bonchev–Trinajstić information content (AvgIpc) is 2.22. The van der Waals surface area contributed by atoms with Crippen molar-refractivity contribution in [3.63, 3.8) is 0 Å². The van der Waals surface area contributed by atoms with Crippen molar-refractivity contribution in [2.24, 2.45) is 0 Å². The van der Waals surface area contributed by atoms with E-state index in [0.29, 0.717) is 18.0 Å². The molecule has 96 valence electrons. The summed E-state index contributed by atoms with van der Waals surface area (Å²) < 4.78 is 30.8. The molecule has 0 saturated carbocycles. The highest BCUT2D eigenvalue weighted by atomic mass is 32.2. The fraction of sp³-hybridized carbons (Fsp3) is 0.455. The number of nitrogens with one attached hydrogen (secondary N) is 1. The first kappa shape index (κ1) is 13.8. The first-order valence-electron chi connectivity index (χ1n) is 5.39. The van der Waals surface area contributed by atoms with Gasteiger partial charge in [0, 0.05) is 6.61 Å². The number of rotatable bonds is 6. The number of sulfonamides is 1. The molecule has 0 bridgehead atoms. The molecule has 0 aliphatic carbocycles. The van der Waals surface area contributed by atoms with E-state index in [2.05, 4.69) is 4.72 Å². The Labute approximate surface area is 102 Å². The SMILES string of the molecule is CCOCCS(=O)(=O)Nc1ccc(C)cc1N. The van der Waals surface area contributed by atoms with Gasteiger partial charge in [0.1, 0.15) is 0 Å². The molecule has 6 heteroatoms. The molecule has 17 heavy (non-hydrogen) atoms. The molecule has 1 aromatic rings. The van der Waals surface area contributed by atoms with Gasteiger partial charge in [-0.1, -0.05) is 6.07 Å². The smallest absolute Gasteiger partial charge is 0.235 e. The van der Waals surface area contributed by atoms with Crippen LogP contribution in [0.1, 0.15) is 12.5 Å². The van der Waals surface area contributed by atoms with Gasteiger partial charge in [-0.05, 0) is 31.5 Å². The second-order valence-electron chi connectivity index (χ2n) is 3.71. The highest BCUT2D eigenvalue weighted by molar-refractivity contribution is 7.92. The summed E-state index contributed by atoms with van der Waals surface area (Å²) in [5.74, 6) is -0.0752. The molecule has 0 aliphatic rings. The van der Waals surface area contributed by atoms with Crippen LogP contribution in [0.5, 0.6) is 0 Å². The fourth-order valence-corrected chi connectivity index (χ4v) is 2.27. The first-order valence-corrected chi connectivity index (χ1v) is 7.04. The summed E-state index contributed by atoms with van der Waals surface area (Å²) in [6.45, 7) is 4.39. The highest BCUT2D eigenvalue weighted by Gasteiger charge is 2.11. The minimum atomic E-state index is -3.40. The maximum Gasteiger partial charge on any atom is 0.235 e. The van der Waals surface area contributed by atoms with Crippen LogP contribution in [0.3, 0.4) is 0 Å². The minimum Gasteiger partial charge on any atom is -0.397 e. The third-order valence-corrected chi connectivity index (χ3v) is 3.41. The molecule has 0 atom stereocenters. The minimum absolute atomic E-state index is 0.0752. The number of hydrogen-bond donors (Lipinski definition) is 2. The number of nitrogen functional groups attached to an aromatic ring is 1. The zero-order valence-electron chi connectivity index (χ0n) is 10.1. The Morgan fingerprint density at radius 3 is 2.71 bits per heavy atom. The zero-order chi connectivity index (χ0) is 12.9. The van der Waals surface area contributed by atoms with E-state index >= 15 is 0 Å². The van der Waals surface area contributed by atoms with Gasteiger partial charge in [0.25, 0.3) is 0 Å². The van der Waals surface area contributed by atoms with Crippen LogP contribution in [-0.4, -0.2) is 27.4 Å². The molecule has 0 heterocycles. The van der Waals surface area contributed by atoms with E-state index in [4.69, 9.17) is 10.5 Å². The quantitative estimate of drug-likeness (QED) is 0.596. The van der Waals surface area contributed by atoms with Crippen LogP contribution in [0.25, 0.3) is 0 Å². The van der Waals surface area contributed by atoms with Gasteiger partial charge in [-0.3, -0.25) is 4.72 Å². The molecule has 0 fully saturated rings. The molecule has 0 spiro atoms. The van der Waals surface area contributed by atoms with Gasteiger partial charge in [-0.15, -0.1) is 0 Å². The Hall–Kier alpha value is -1.27. The van der Waals surface area contributed by atoms with Crippen molar-refractivity contribution in [2.75, 3.05) is 29.4 Å². The highest BCUT2D eigenvalue weighted by Crippen LogP contribution is 2.20. The molecule has 3 N–H and O–H groups in total. The Morgan fingerprint density at radius 1 is 1.41 bits per heavy atom. The molecule has 1 aromatic carbocycles. The van der Waals surface area contributed by atoms with Crippen LogP contribution in [0.15, 0.2) is 18.2 Å². The van der Waals surface area contributed by atoms with Crippen LogP contribution in [0.2, 0.25) is 0 Å². The van der Waals surface area contributed by atoms with Crippen molar-refractivity contribution in [1.82, 2.24) is 0 Å². The van der Waals surface area contributed by atoms with Gasteiger partial charge in [0.05, 0.1) is 23.7 Å². The normalized spacial score (nSPS) is 11.4. The van der Waals surface area contributed by atoms with Crippen LogP contribution in [-0.2, 0) is 14.8 Å². The number of ether oxygens (including phenoxy) is 1. The van der Waals surface area contributed by atoms with Crippen molar-refractivity contribution in [2.45, 2.75) is 13.8 Å². The molecule has 0 aromatic heterocycles. The van der Waals surface area contributed by atoms with Crippen molar-refractivity contribution >= 4 is 21.4 Å². The van der Waals surface area contributed by atoms with Gasteiger partial charge >= 0.3 is 0 Å². The summed E-state index contributed by atoms with van der Waals surface area (Å²) in [5, 5.41) is 0. The standard InChI is InChI=1S/C11H18N2O3S/c1-3-16-6-7-17(14,15)13-11-5-4-9(2)8-10(11)12/h4-5,8,13H,3,6-7,12H2,1-2H3. The Morgan fingerprint density at radius 2 is 2.12 bits per heavy atom. The maximum absolute atomic E-state index is 11.7. The van der Waals surface area contributed by atoms with E-state index < -0.39 is 10.0 Å². The van der Waals surface area contributed by atoms with E-state index in [1.165, 1.54) is 0 Å². The summed E-state index contributed by atoms with van der Waals surface area (Å²) in [4.78, 5) is 0. The van der Waals surface area contributed by atoms with Crippen LogP contribution >= 0.6 is 0 Å². The van der Waals surface area contributed by atoms with E-state index in [1.54, 1.807) is 18.2 Å². The third-order valence-electron chi connectivity index (χ3n) is 2.17. The van der Waals surface area contributed by atoms with Crippen molar-refractivity contribution in [3.8, 4) is 0 Å². The predicted molar refractivity (Wildman–Crippen MR) is 69.5 cm³/mol. The second-order valence-corrected chi connectivity index (χ2v) is 5.55. The summed E-state index contributed by atoms with van der Waals surface area (Å²) in [7, 11) is -3.40. The number of anilines is 2. The van der Waals surface area contributed by atoms with Crippen molar-refractivity contribution in [3.05, 3.63) is 23.8 Å². The number of hydrogen-bond acceptors (Lipinski definition) is 4. The summed E-state index contributed by atoms with van der Waals surface area (Å²) >= 11 is 0. The third kappa shape index (κ3) is 4.62. The summed E-state index contributed by atoms with van der Waals surface area (Å²) in [6.07, 6.45) is 0. The predicted octanol–water partition coefficient (Wildman–Crippen LogP) is 1.36. The lowest BCUT2D eigenvalue weighted by Crippen LogP contribution is -2.20. The molecule has 1 rings (SSSR count). The number of benzene rings is 1. The lowest BCUT2D eigenvalue weighted by molar-refractivity contribution is 0.163. The van der Waals surface area contributed by atoms with Crippen LogP contribution in [0, 0.1) is 6.92 Å². The maximum atomic E-state index is 11.7. The number of aryl methyl sites for hydroxylation is 1. The first-order chi connectivity index (χ1) is 7.94. The monoisotopic (exact) mass is 258 g/mol. The summed E-state index contributed by atoms with van der Waals surface area (Å²) in [6, 6.07) is 5.18. The Balaban J connectivity index is 2.69. The van der Waals surface area contributed by atoms with Crippen molar-refractivity contribution < 1.29 is 13.2 Å². The van der Waals surface area contributed by atoms with Crippen LogP contribution in [0.4, 0.5) is 11.4 Å². The lowest BCUT2D eigenvalue weighted by atomic mass is 10.2. The van der Waals surface area contributed by atoms with Gasteiger partial charge in [0.15, 0.2) is 0 Å². The van der Waals surface area contributed by atoms with Crippen LogP contribution < -0.4 is 10.5 Å². The molecule has 0 unspecified atom stereocenters. The average molecular weight is 258 g/mol. The molecular formula is C11H18N2O3S. The molecule has 0 amide bonds. The Bertz CT molecular complexity index is 472.